The summed E-state index contributed by atoms with van der Waals surface area (Å²) < 4.78 is 5.46. The van der Waals surface area contributed by atoms with Crippen molar-refractivity contribution in [3.8, 4) is 0 Å². The van der Waals surface area contributed by atoms with E-state index in [4.69, 9.17) is 4.42 Å². The minimum Gasteiger partial charge on any atom is -0.407 e. The van der Waals surface area contributed by atoms with Crippen molar-refractivity contribution in [2.75, 3.05) is 11.9 Å². The van der Waals surface area contributed by atoms with Gasteiger partial charge in [-0.15, -0.1) is 5.10 Å². The fourth-order valence-corrected chi connectivity index (χ4v) is 1.63. The predicted octanol–water partition coefficient (Wildman–Crippen LogP) is 1.88. The van der Waals surface area contributed by atoms with Crippen LogP contribution in [-0.4, -0.2) is 21.7 Å². The van der Waals surface area contributed by atoms with Gasteiger partial charge < -0.3 is 15.1 Å². The Balaban J connectivity index is 1.83. The first-order valence-electron chi connectivity index (χ1n) is 6.47. The van der Waals surface area contributed by atoms with E-state index in [2.05, 4.69) is 32.7 Å². The summed E-state index contributed by atoms with van der Waals surface area (Å²) in [5.74, 6) is 0.591. The zero-order chi connectivity index (χ0) is 13.5. The van der Waals surface area contributed by atoms with Crippen LogP contribution in [0.25, 0.3) is 0 Å². The monoisotopic (exact) mass is 261 g/mol. The summed E-state index contributed by atoms with van der Waals surface area (Å²) in [7, 11) is 0. The Bertz CT molecular complexity index is 511. The van der Waals surface area contributed by atoms with Crippen LogP contribution in [0.1, 0.15) is 30.6 Å². The standard InChI is InChI=1S/C13H19N5O/c1-3-7-14-9-12-17-18-13(19-12)15-8-11-6-4-5-10(2)16-11/h4-6,14H,3,7-9H2,1-2H3,(H,15,18). The molecule has 0 aliphatic rings. The van der Waals surface area contributed by atoms with Gasteiger partial charge in [0.25, 0.3) is 0 Å². The highest BCUT2D eigenvalue weighted by atomic mass is 16.4. The Morgan fingerprint density at radius 2 is 2.11 bits per heavy atom. The number of aryl methyl sites for hydroxylation is 1. The third-order valence-electron chi connectivity index (χ3n) is 2.54. The van der Waals surface area contributed by atoms with Crippen LogP contribution >= 0.6 is 0 Å². The SMILES string of the molecule is CCCNCc1nnc(NCc2cccc(C)n2)o1. The van der Waals surface area contributed by atoms with Crippen LogP contribution in [0.15, 0.2) is 22.6 Å². The molecule has 0 aromatic carbocycles. The normalized spacial score (nSPS) is 10.6. The molecular weight excluding hydrogens is 242 g/mol. The molecule has 0 fully saturated rings. The van der Waals surface area contributed by atoms with Crippen molar-refractivity contribution in [3.63, 3.8) is 0 Å². The fraction of sp³-hybridized carbons (Fsp3) is 0.462. The first-order valence-corrected chi connectivity index (χ1v) is 6.47. The summed E-state index contributed by atoms with van der Waals surface area (Å²) in [4.78, 5) is 4.39. The summed E-state index contributed by atoms with van der Waals surface area (Å²) >= 11 is 0. The largest absolute Gasteiger partial charge is 0.407 e. The van der Waals surface area contributed by atoms with E-state index >= 15 is 0 Å². The maximum Gasteiger partial charge on any atom is 0.315 e. The Labute approximate surface area is 112 Å². The molecule has 2 heterocycles. The lowest BCUT2D eigenvalue weighted by Gasteiger charge is -2.01. The van der Waals surface area contributed by atoms with Crippen molar-refractivity contribution in [1.29, 1.82) is 0 Å². The second kappa shape index (κ2) is 6.84. The lowest BCUT2D eigenvalue weighted by Crippen LogP contribution is -2.13. The Morgan fingerprint density at radius 1 is 1.21 bits per heavy atom. The molecule has 2 aromatic rings. The molecule has 0 aliphatic carbocycles. The van der Waals surface area contributed by atoms with Crippen LogP contribution in [0.2, 0.25) is 0 Å². The van der Waals surface area contributed by atoms with E-state index in [0.717, 1.165) is 24.4 Å². The number of hydrogen-bond donors (Lipinski definition) is 2. The number of nitrogens with one attached hydrogen (secondary N) is 2. The van der Waals surface area contributed by atoms with Crippen molar-refractivity contribution >= 4 is 6.01 Å². The highest BCUT2D eigenvalue weighted by Gasteiger charge is 2.05. The number of anilines is 1. The van der Waals surface area contributed by atoms with Gasteiger partial charge in [-0.25, -0.2) is 0 Å². The second-order valence-electron chi connectivity index (χ2n) is 4.30. The molecule has 0 unspecified atom stereocenters. The number of nitrogens with zero attached hydrogens (tertiary/aromatic N) is 3. The molecule has 2 N–H and O–H groups in total. The molecule has 0 atom stereocenters. The van der Waals surface area contributed by atoms with E-state index in [1.165, 1.54) is 0 Å². The Morgan fingerprint density at radius 3 is 2.89 bits per heavy atom. The van der Waals surface area contributed by atoms with Gasteiger partial charge in [-0.2, -0.15) is 0 Å². The van der Waals surface area contributed by atoms with Gasteiger partial charge in [-0.05, 0) is 32.0 Å². The molecule has 2 rings (SSSR count). The van der Waals surface area contributed by atoms with Crippen LogP contribution in [0, 0.1) is 6.92 Å². The van der Waals surface area contributed by atoms with Crippen molar-refractivity contribution in [3.05, 3.63) is 35.5 Å². The van der Waals surface area contributed by atoms with Crippen molar-refractivity contribution in [2.45, 2.75) is 33.4 Å². The molecule has 0 spiro atoms. The van der Waals surface area contributed by atoms with E-state index in [-0.39, 0.29) is 0 Å². The van der Waals surface area contributed by atoms with Crippen LogP contribution in [0.4, 0.5) is 6.01 Å². The smallest absolute Gasteiger partial charge is 0.315 e. The maximum atomic E-state index is 5.46. The highest BCUT2D eigenvalue weighted by Crippen LogP contribution is 2.07. The molecule has 0 saturated heterocycles. The van der Waals surface area contributed by atoms with Gasteiger partial charge in [0.05, 0.1) is 18.8 Å². The topological polar surface area (TPSA) is 75.9 Å². The molecule has 0 radical (unpaired) electrons. The van der Waals surface area contributed by atoms with Crippen LogP contribution < -0.4 is 10.6 Å². The molecule has 102 valence electrons. The number of aromatic nitrogens is 3. The van der Waals surface area contributed by atoms with Gasteiger partial charge in [0.1, 0.15) is 0 Å². The van der Waals surface area contributed by atoms with Crippen LogP contribution in [-0.2, 0) is 13.1 Å². The van der Waals surface area contributed by atoms with E-state index < -0.39 is 0 Å². The quantitative estimate of drug-likeness (QED) is 0.741. The average Bonchev–Trinajstić information content (AvgIpc) is 2.85. The predicted molar refractivity (Wildman–Crippen MR) is 72.6 cm³/mol. The molecule has 0 saturated carbocycles. The molecule has 6 nitrogen and oxygen atoms in total. The maximum absolute atomic E-state index is 5.46. The second-order valence-corrected chi connectivity index (χ2v) is 4.30. The van der Waals surface area contributed by atoms with Gasteiger partial charge in [0.2, 0.25) is 5.89 Å². The summed E-state index contributed by atoms with van der Waals surface area (Å²) in [5, 5.41) is 14.2. The average molecular weight is 261 g/mol. The Hall–Kier alpha value is -1.95. The number of hydrogen-bond acceptors (Lipinski definition) is 6. The van der Waals surface area contributed by atoms with E-state index in [1.54, 1.807) is 0 Å². The van der Waals surface area contributed by atoms with Crippen molar-refractivity contribution < 1.29 is 4.42 Å². The summed E-state index contributed by atoms with van der Waals surface area (Å²) in [6.45, 7) is 6.20. The van der Waals surface area contributed by atoms with Gasteiger partial charge in [0, 0.05) is 5.69 Å². The minimum atomic E-state index is 0.427. The molecule has 2 aromatic heterocycles. The molecule has 6 heteroatoms. The number of pyridine rings is 1. The number of rotatable bonds is 7. The van der Waals surface area contributed by atoms with Crippen molar-refractivity contribution in [1.82, 2.24) is 20.5 Å². The van der Waals surface area contributed by atoms with Crippen LogP contribution in [0.5, 0.6) is 0 Å². The molecular formula is C13H19N5O. The lowest BCUT2D eigenvalue weighted by molar-refractivity contribution is 0.476. The first-order chi connectivity index (χ1) is 9.28. The Kier molecular flexibility index (Phi) is 4.85. The lowest BCUT2D eigenvalue weighted by atomic mass is 10.3. The van der Waals surface area contributed by atoms with E-state index in [9.17, 15) is 0 Å². The van der Waals surface area contributed by atoms with Gasteiger partial charge in [-0.3, -0.25) is 4.98 Å². The van der Waals surface area contributed by atoms with Crippen LogP contribution in [0.3, 0.4) is 0 Å². The van der Waals surface area contributed by atoms with Gasteiger partial charge in [-0.1, -0.05) is 18.1 Å². The zero-order valence-corrected chi connectivity index (χ0v) is 11.3. The zero-order valence-electron chi connectivity index (χ0n) is 11.3. The first kappa shape index (κ1) is 13.5. The molecule has 0 amide bonds. The summed E-state index contributed by atoms with van der Waals surface area (Å²) in [5.41, 5.74) is 1.94. The van der Waals surface area contributed by atoms with E-state index in [0.29, 0.717) is 25.0 Å². The summed E-state index contributed by atoms with van der Waals surface area (Å²) in [6, 6.07) is 6.33. The molecule has 0 bridgehead atoms. The van der Waals surface area contributed by atoms with Crippen molar-refractivity contribution in [2.24, 2.45) is 0 Å². The highest BCUT2D eigenvalue weighted by molar-refractivity contribution is 5.20. The van der Waals surface area contributed by atoms with E-state index in [1.807, 2.05) is 25.1 Å². The fourth-order valence-electron chi connectivity index (χ4n) is 1.63. The molecule has 0 aliphatic heterocycles. The molecule has 19 heavy (non-hydrogen) atoms. The van der Waals surface area contributed by atoms with Gasteiger partial charge >= 0.3 is 6.01 Å². The minimum absolute atomic E-state index is 0.427. The summed E-state index contributed by atoms with van der Waals surface area (Å²) in [6.07, 6.45) is 1.08. The third kappa shape index (κ3) is 4.33. The van der Waals surface area contributed by atoms with Gasteiger partial charge in [0.15, 0.2) is 0 Å². The third-order valence-corrected chi connectivity index (χ3v) is 2.54.